The molecule has 1 rings (SSSR count). The first-order valence-corrected chi connectivity index (χ1v) is 2.89. The number of rotatable bonds is 1. The minimum absolute atomic E-state index is 0.560. The molecule has 2 nitrogen and oxygen atoms in total. The summed E-state index contributed by atoms with van der Waals surface area (Å²) in [5.74, 6) is 0.637. The molecule has 0 spiro atoms. The van der Waals surface area contributed by atoms with Gasteiger partial charge in [-0.15, -0.1) is 0 Å². The fourth-order valence-corrected chi connectivity index (χ4v) is 0.722. The van der Waals surface area contributed by atoms with Gasteiger partial charge >= 0.3 is 0 Å². The van der Waals surface area contributed by atoms with E-state index in [-0.39, 0.29) is 0 Å². The molecular formula is C8H7NO. The first-order valence-electron chi connectivity index (χ1n) is 2.89. The minimum Gasteiger partial charge on any atom is -0.508 e. The molecule has 0 aromatic heterocycles. The smallest absolute Gasteiger partial charge is 0.228 e. The lowest BCUT2D eigenvalue weighted by Gasteiger charge is -1.99. The highest BCUT2D eigenvalue weighted by atomic mass is 16.5. The Kier molecular flexibility index (Phi) is 1.91. The number of nitrogens with zero attached hydrogens (tertiary/aromatic N) is 1. The van der Waals surface area contributed by atoms with Crippen molar-refractivity contribution in [1.82, 2.24) is 0 Å². The highest BCUT2D eigenvalue weighted by molar-refractivity contribution is 5.56. The van der Waals surface area contributed by atoms with E-state index in [1.54, 1.807) is 19.2 Å². The van der Waals surface area contributed by atoms with Gasteiger partial charge in [0.15, 0.2) is 0 Å². The van der Waals surface area contributed by atoms with Crippen LogP contribution < -0.4 is 4.74 Å². The largest absolute Gasteiger partial charge is 0.508 e. The Morgan fingerprint density at radius 3 is 2.60 bits per heavy atom. The maximum atomic E-state index is 6.73. The summed E-state index contributed by atoms with van der Waals surface area (Å²) in [6, 6.07) is 7.16. The lowest BCUT2D eigenvalue weighted by molar-refractivity contribution is 0.417. The molecule has 0 fully saturated rings. The molecule has 0 saturated carbocycles. The summed E-state index contributed by atoms with van der Waals surface area (Å²) < 4.78 is 4.92. The molecule has 0 radical (unpaired) electrons. The molecule has 0 aliphatic rings. The molecule has 0 N–H and O–H groups in total. The summed E-state index contributed by atoms with van der Waals surface area (Å²) in [5.41, 5.74) is 0.560. The molecule has 0 unspecified atom stereocenters. The van der Waals surface area contributed by atoms with Gasteiger partial charge in [-0.1, -0.05) is 18.2 Å². The quantitative estimate of drug-likeness (QED) is 0.535. The summed E-state index contributed by atoms with van der Waals surface area (Å²) in [5, 5.41) is 0. The van der Waals surface area contributed by atoms with Crippen LogP contribution in [0.25, 0.3) is 4.85 Å². The van der Waals surface area contributed by atoms with Crippen LogP contribution >= 0.6 is 0 Å². The van der Waals surface area contributed by atoms with E-state index in [0.717, 1.165) is 0 Å². The Morgan fingerprint density at radius 2 is 2.10 bits per heavy atom. The molecule has 2 heteroatoms. The van der Waals surface area contributed by atoms with Gasteiger partial charge < -0.3 is 4.74 Å². The lowest BCUT2D eigenvalue weighted by Crippen LogP contribution is -1.80. The van der Waals surface area contributed by atoms with E-state index in [1.165, 1.54) is 0 Å². The predicted molar refractivity (Wildman–Crippen MR) is 39.3 cm³/mol. The average molecular weight is 133 g/mol. The number of hydrogen-bond donors (Lipinski definition) is 0. The zero-order valence-corrected chi connectivity index (χ0v) is 5.66. The Labute approximate surface area is 59.9 Å². The molecule has 50 valence electrons. The summed E-state index contributed by atoms with van der Waals surface area (Å²) >= 11 is 0. The van der Waals surface area contributed by atoms with Crippen molar-refractivity contribution in [3.8, 4) is 5.75 Å². The van der Waals surface area contributed by atoms with E-state index < -0.39 is 0 Å². The van der Waals surface area contributed by atoms with Gasteiger partial charge in [-0.05, 0) is 6.07 Å². The lowest BCUT2D eigenvalue weighted by atomic mass is 10.3. The predicted octanol–water partition coefficient (Wildman–Crippen LogP) is 2.25. The van der Waals surface area contributed by atoms with Gasteiger partial charge in [-0.25, -0.2) is 4.85 Å². The maximum Gasteiger partial charge on any atom is 0.228 e. The Bertz CT molecular complexity index is 262. The SMILES string of the molecule is [C-]#[N+]c1ccccc1OC. The molecule has 0 heterocycles. The van der Waals surface area contributed by atoms with E-state index in [1.807, 2.05) is 12.1 Å². The molecular weight excluding hydrogens is 126 g/mol. The van der Waals surface area contributed by atoms with Crippen LogP contribution in [0.1, 0.15) is 0 Å². The third-order valence-corrected chi connectivity index (χ3v) is 1.21. The van der Waals surface area contributed by atoms with Gasteiger partial charge in [-0.2, -0.15) is 0 Å². The van der Waals surface area contributed by atoms with Crippen LogP contribution in [0, 0.1) is 6.57 Å². The topological polar surface area (TPSA) is 13.6 Å². The third kappa shape index (κ3) is 1.08. The van der Waals surface area contributed by atoms with Gasteiger partial charge in [0.25, 0.3) is 0 Å². The Morgan fingerprint density at radius 1 is 1.40 bits per heavy atom. The molecule has 1 aromatic rings. The number of hydrogen-bond acceptors (Lipinski definition) is 1. The molecule has 0 saturated heterocycles. The van der Waals surface area contributed by atoms with Crippen LogP contribution in [-0.2, 0) is 0 Å². The molecule has 10 heavy (non-hydrogen) atoms. The van der Waals surface area contributed by atoms with Crippen molar-refractivity contribution in [2.45, 2.75) is 0 Å². The van der Waals surface area contributed by atoms with Crippen LogP contribution in [0.4, 0.5) is 5.69 Å². The molecule has 0 amide bonds. The maximum absolute atomic E-state index is 6.73. The number of ether oxygens (including phenoxy) is 1. The van der Waals surface area contributed by atoms with Crippen molar-refractivity contribution >= 4 is 5.69 Å². The van der Waals surface area contributed by atoms with Crippen LogP contribution in [0.5, 0.6) is 5.75 Å². The molecule has 0 aliphatic heterocycles. The van der Waals surface area contributed by atoms with Gasteiger partial charge in [0, 0.05) is 0 Å². The third-order valence-electron chi connectivity index (χ3n) is 1.21. The van der Waals surface area contributed by atoms with Gasteiger partial charge in [0.05, 0.1) is 13.7 Å². The normalized spacial score (nSPS) is 8.40. The van der Waals surface area contributed by atoms with E-state index in [4.69, 9.17) is 11.3 Å². The molecule has 0 bridgehead atoms. The number of benzene rings is 1. The fourth-order valence-electron chi connectivity index (χ4n) is 0.722. The van der Waals surface area contributed by atoms with Crippen LogP contribution in [0.3, 0.4) is 0 Å². The summed E-state index contributed by atoms with van der Waals surface area (Å²) in [6.45, 7) is 6.73. The van der Waals surface area contributed by atoms with Crippen LogP contribution in [-0.4, -0.2) is 7.11 Å². The molecule has 1 aromatic carbocycles. The molecule has 0 atom stereocenters. The van der Waals surface area contributed by atoms with E-state index in [9.17, 15) is 0 Å². The van der Waals surface area contributed by atoms with Crippen molar-refractivity contribution < 1.29 is 4.74 Å². The van der Waals surface area contributed by atoms with Gasteiger partial charge in [0.2, 0.25) is 5.69 Å². The Hall–Kier alpha value is -1.49. The first kappa shape index (κ1) is 6.63. The standard InChI is InChI=1S/C8H7NO/c1-9-7-5-3-4-6-8(7)10-2/h3-6H,2H3. The van der Waals surface area contributed by atoms with Crippen LogP contribution in [0.2, 0.25) is 0 Å². The average Bonchev–Trinajstić information content (AvgIpc) is 2.04. The highest BCUT2D eigenvalue weighted by Crippen LogP contribution is 2.25. The number of para-hydroxylation sites is 2. The number of methoxy groups -OCH3 is 1. The second-order valence-corrected chi connectivity index (χ2v) is 1.78. The summed E-state index contributed by atoms with van der Waals surface area (Å²) in [7, 11) is 1.56. The van der Waals surface area contributed by atoms with Crippen molar-refractivity contribution in [3.05, 3.63) is 35.7 Å². The monoisotopic (exact) mass is 133 g/mol. The Balaban J connectivity index is 3.12. The van der Waals surface area contributed by atoms with Crippen molar-refractivity contribution in [2.24, 2.45) is 0 Å². The van der Waals surface area contributed by atoms with Crippen molar-refractivity contribution in [1.29, 1.82) is 0 Å². The van der Waals surface area contributed by atoms with Gasteiger partial charge in [-0.3, -0.25) is 0 Å². The van der Waals surface area contributed by atoms with E-state index in [2.05, 4.69) is 4.85 Å². The van der Waals surface area contributed by atoms with Gasteiger partial charge in [0.1, 0.15) is 5.75 Å². The first-order chi connectivity index (χ1) is 4.88. The minimum atomic E-state index is 0.560. The van der Waals surface area contributed by atoms with Crippen LogP contribution in [0.15, 0.2) is 24.3 Å². The second-order valence-electron chi connectivity index (χ2n) is 1.78. The highest BCUT2D eigenvalue weighted by Gasteiger charge is 1.96. The zero-order valence-electron chi connectivity index (χ0n) is 5.66. The second kappa shape index (κ2) is 2.88. The van der Waals surface area contributed by atoms with E-state index >= 15 is 0 Å². The van der Waals surface area contributed by atoms with Crippen molar-refractivity contribution in [3.63, 3.8) is 0 Å². The van der Waals surface area contributed by atoms with E-state index in [0.29, 0.717) is 11.4 Å². The van der Waals surface area contributed by atoms with Crippen molar-refractivity contribution in [2.75, 3.05) is 7.11 Å². The summed E-state index contributed by atoms with van der Waals surface area (Å²) in [6.07, 6.45) is 0. The summed E-state index contributed by atoms with van der Waals surface area (Å²) in [4.78, 5) is 3.27. The molecule has 0 aliphatic carbocycles. The fraction of sp³-hybridized carbons (Fsp3) is 0.125. The zero-order chi connectivity index (χ0) is 7.40.